The highest BCUT2D eigenvalue weighted by Crippen LogP contribution is 2.25. The van der Waals surface area contributed by atoms with Crippen LogP contribution in [0.3, 0.4) is 0 Å². The van der Waals surface area contributed by atoms with E-state index in [4.69, 9.17) is 0 Å². The van der Waals surface area contributed by atoms with Crippen molar-refractivity contribution in [1.29, 1.82) is 0 Å². The standard InChI is InChI=1S/C22H31N3O3S/c1-6-21(22(26)23-14-15-24(4)19-10-8-7-9-11-19)25(29(5,27)28)20-13-12-17(2)18(3)16-20/h7-13,16,21H,6,14-15H2,1-5H3,(H,23,26). The smallest absolute Gasteiger partial charge is 0.243 e. The molecule has 7 heteroatoms. The molecule has 1 N–H and O–H groups in total. The Morgan fingerprint density at radius 2 is 1.69 bits per heavy atom. The van der Waals surface area contributed by atoms with Crippen LogP contribution in [0.15, 0.2) is 48.5 Å². The van der Waals surface area contributed by atoms with E-state index in [1.54, 1.807) is 6.07 Å². The maximum absolute atomic E-state index is 12.9. The van der Waals surface area contributed by atoms with Crippen LogP contribution in [0.2, 0.25) is 0 Å². The fourth-order valence-corrected chi connectivity index (χ4v) is 4.40. The van der Waals surface area contributed by atoms with Gasteiger partial charge in [0.2, 0.25) is 15.9 Å². The first-order valence-corrected chi connectivity index (χ1v) is 11.6. The average Bonchev–Trinajstić information content (AvgIpc) is 2.67. The van der Waals surface area contributed by atoms with E-state index < -0.39 is 16.1 Å². The third-order valence-electron chi connectivity index (χ3n) is 5.02. The van der Waals surface area contributed by atoms with Crippen LogP contribution in [-0.4, -0.2) is 46.8 Å². The Labute approximate surface area is 174 Å². The summed E-state index contributed by atoms with van der Waals surface area (Å²) in [6.45, 7) is 6.76. The predicted octanol–water partition coefficient (Wildman–Crippen LogP) is 3.10. The lowest BCUT2D eigenvalue weighted by molar-refractivity contribution is -0.122. The number of carbonyl (C=O) groups is 1. The van der Waals surface area contributed by atoms with E-state index in [0.29, 0.717) is 25.2 Å². The van der Waals surface area contributed by atoms with Crippen molar-refractivity contribution in [1.82, 2.24) is 5.32 Å². The largest absolute Gasteiger partial charge is 0.373 e. The van der Waals surface area contributed by atoms with Crippen LogP contribution in [0.1, 0.15) is 24.5 Å². The highest BCUT2D eigenvalue weighted by Gasteiger charge is 2.31. The Hall–Kier alpha value is -2.54. The van der Waals surface area contributed by atoms with E-state index in [9.17, 15) is 13.2 Å². The molecule has 6 nitrogen and oxygen atoms in total. The third-order valence-corrected chi connectivity index (χ3v) is 6.20. The number of nitrogens with one attached hydrogen (secondary N) is 1. The first-order chi connectivity index (χ1) is 13.6. The topological polar surface area (TPSA) is 69.7 Å². The van der Waals surface area contributed by atoms with Crippen LogP contribution in [0, 0.1) is 13.8 Å². The summed E-state index contributed by atoms with van der Waals surface area (Å²) in [7, 11) is -1.67. The Morgan fingerprint density at radius 3 is 2.24 bits per heavy atom. The molecule has 0 aliphatic heterocycles. The second-order valence-electron chi connectivity index (χ2n) is 7.30. The van der Waals surface area contributed by atoms with Gasteiger partial charge >= 0.3 is 0 Å². The summed E-state index contributed by atoms with van der Waals surface area (Å²) in [6.07, 6.45) is 1.52. The highest BCUT2D eigenvalue weighted by atomic mass is 32.2. The molecule has 1 unspecified atom stereocenters. The molecule has 0 aromatic heterocycles. The van der Waals surface area contributed by atoms with Crippen LogP contribution in [0.4, 0.5) is 11.4 Å². The number of para-hydroxylation sites is 1. The zero-order valence-corrected chi connectivity index (χ0v) is 18.7. The van der Waals surface area contributed by atoms with Gasteiger partial charge in [0.05, 0.1) is 11.9 Å². The molecule has 0 bridgehead atoms. The molecule has 0 heterocycles. The van der Waals surface area contributed by atoms with E-state index in [1.165, 1.54) is 4.31 Å². The minimum atomic E-state index is -3.63. The van der Waals surface area contributed by atoms with Gasteiger partial charge in [-0.05, 0) is 55.7 Å². The van der Waals surface area contributed by atoms with E-state index >= 15 is 0 Å². The second-order valence-corrected chi connectivity index (χ2v) is 9.16. The highest BCUT2D eigenvalue weighted by molar-refractivity contribution is 7.92. The second kappa shape index (κ2) is 9.78. The summed E-state index contributed by atoms with van der Waals surface area (Å²) in [5.74, 6) is -0.294. The van der Waals surface area contributed by atoms with Crippen molar-refractivity contribution in [3.8, 4) is 0 Å². The van der Waals surface area contributed by atoms with Gasteiger partial charge in [-0.3, -0.25) is 9.10 Å². The number of aryl methyl sites for hydroxylation is 2. The van der Waals surface area contributed by atoms with E-state index in [1.807, 2.05) is 75.2 Å². The van der Waals surface area contributed by atoms with Crippen molar-refractivity contribution < 1.29 is 13.2 Å². The van der Waals surface area contributed by atoms with Crippen molar-refractivity contribution in [2.45, 2.75) is 33.2 Å². The van der Waals surface area contributed by atoms with Gasteiger partial charge in [-0.2, -0.15) is 0 Å². The molecule has 0 aliphatic carbocycles. The van der Waals surface area contributed by atoms with Crippen LogP contribution in [0.25, 0.3) is 0 Å². The Balaban J connectivity index is 2.13. The molecule has 1 atom stereocenters. The quantitative estimate of drug-likeness (QED) is 0.681. The van der Waals surface area contributed by atoms with Gasteiger partial charge in [0.1, 0.15) is 6.04 Å². The van der Waals surface area contributed by atoms with E-state index in [-0.39, 0.29) is 5.91 Å². The fraction of sp³-hybridized carbons (Fsp3) is 0.409. The minimum absolute atomic E-state index is 0.294. The molecule has 1 amide bonds. The molecule has 29 heavy (non-hydrogen) atoms. The van der Waals surface area contributed by atoms with Crippen LogP contribution < -0.4 is 14.5 Å². The molecule has 0 saturated carbocycles. The number of amides is 1. The molecule has 0 saturated heterocycles. The van der Waals surface area contributed by atoms with Crippen molar-refractivity contribution in [2.24, 2.45) is 0 Å². The molecular weight excluding hydrogens is 386 g/mol. The summed E-state index contributed by atoms with van der Waals surface area (Å²) >= 11 is 0. The summed E-state index contributed by atoms with van der Waals surface area (Å²) < 4.78 is 26.3. The predicted molar refractivity (Wildman–Crippen MR) is 120 cm³/mol. The molecule has 0 fully saturated rings. The maximum atomic E-state index is 12.9. The van der Waals surface area contributed by atoms with E-state index in [0.717, 1.165) is 23.1 Å². The summed E-state index contributed by atoms with van der Waals surface area (Å²) in [5, 5.41) is 2.90. The number of carbonyl (C=O) groups excluding carboxylic acids is 1. The van der Waals surface area contributed by atoms with Gasteiger partial charge in [0, 0.05) is 25.8 Å². The van der Waals surface area contributed by atoms with Gasteiger partial charge in [0.15, 0.2) is 0 Å². The Bertz CT molecular complexity index is 930. The molecule has 2 aromatic rings. The minimum Gasteiger partial charge on any atom is -0.373 e. The first kappa shape index (κ1) is 22.7. The fourth-order valence-electron chi connectivity index (χ4n) is 3.20. The van der Waals surface area contributed by atoms with Gasteiger partial charge in [0.25, 0.3) is 0 Å². The van der Waals surface area contributed by atoms with Crippen molar-refractivity contribution in [2.75, 3.05) is 35.6 Å². The lowest BCUT2D eigenvalue weighted by Gasteiger charge is -2.30. The maximum Gasteiger partial charge on any atom is 0.243 e. The van der Waals surface area contributed by atoms with Crippen molar-refractivity contribution >= 4 is 27.3 Å². The Morgan fingerprint density at radius 1 is 1.03 bits per heavy atom. The molecule has 0 radical (unpaired) electrons. The molecular formula is C22H31N3O3S. The number of sulfonamides is 1. The number of nitrogens with zero attached hydrogens (tertiary/aromatic N) is 2. The number of hydrogen-bond donors (Lipinski definition) is 1. The molecule has 2 rings (SSSR count). The normalized spacial score (nSPS) is 12.3. The molecule has 0 spiro atoms. The molecule has 158 valence electrons. The van der Waals surface area contributed by atoms with Crippen LogP contribution >= 0.6 is 0 Å². The third kappa shape index (κ3) is 5.97. The lowest BCUT2D eigenvalue weighted by atomic mass is 10.1. The van der Waals surface area contributed by atoms with Gasteiger partial charge in [-0.25, -0.2) is 8.42 Å². The number of likely N-dealkylation sites (N-methyl/N-ethyl adjacent to an activating group) is 1. The SMILES string of the molecule is CCC(C(=O)NCCN(C)c1ccccc1)N(c1ccc(C)c(C)c1)S(C)(=O)=O. The van der Waals surface area contributed by atoms with Gasteiger partial charge < -0.3 is 10.2 Å². The number of hydrogen-bond acceptors (Lipinski definition) is 4. The zero-order valence-electron chi connectivity index (χ0n) is 17.8. The van der Waals surface area contributed by atoms with Crippen LogP contribution in [0.5, 0.6) is 0 Å². The number of benzene rings is 2. The monoisotopic (exact) mass is 417 g/mol. The number of rotatable bonds is 9. The lowest BCUT2D eigenvalue weighted by Crippen LogP contribution is -2.50. The van der Waals surface area contributed by atoms with Gasteiger partial charge in [-0.15, -0.1) is 0 Å². The average molecular weight is 418 g/mol. The van der Waals surface area contributed by atoms with Crippen molar-refractivity contribution in [3.05, 3.63) is 59.7 Å². The first-order valence-electron chi connectivity index (χ1n) is 9.75. The zero-order chi connectivity index (χ0) is 21.6. The molecule has 2 aromatic carbocycles. The number of anilines is 2. The summed E-state index contributed by atoms with van der Waals surface area (Å²) in [4.78, 5) is 14.9. The summed E-state index contributed by atoms with van der Waals surface area (Å²) in [6, 6.07) is 14.5. The van der Waals surface area contributed by atoms with Crippen molar-refractivity contribution in [3.63, 3.8) is 0 Å². The van der Waals surface area contributed by atoms with Crippen LogP contribution in [-0.2, 0) is 14.8 Å². The van der Waals surface area contributed by atoms with E-state index in [2.05, 4.69) is 5.32 Å². The summed E-state index contributed by atoms with van der Waals surface area (Å²) in [5.41, 5.74) is 3.63. The van der Waals surface area contributed by atoms with Gasteiger partial charge in [-0.1, -0.05) is 31.2 Å². The Kier molecular flexibility index (Phi) is 7.67. The molecule has 0 aliphatic rings.